The fourth-order valence-electron chi connectivity index (χ4n) is 1.50. The summed E-state index contributed by atoms with van der Waals surface area (Å²) in [6.45, 7) is 0. The molecule has 1 rings (SSSR count). The molecule has 1 atom stereocenters. The number of hydrogen-bond acceptors (Lipinski definition) is 3. The molecular formula is C11H15ClFNO2. The van der Waals surface area contributed by atoms with Crippen LogP contribution in [0.1, 0.15) is 5.56 Å². The second-order valence-electron chi connectivity index (χ2n) is 3.44. The molecule has 1 aromatic carbocycles. The Morgan fingerprint density at radius 3 is 2.56 bits per heavy atom. The standard InChI is InChI=1S/C11H15ClFNO2/c1-15-11(16-2)10(14)6-7-5-8(13)3-4-9(7)12/h3-5,10-11H,6,14H2,1-2H3. The van der Waals surface area contributed by atoms with Crippen molar-refractivity contribution in [2.45, 2.75) is 18.8 Å². The van der Waals surface area contributed by atoms with Gasteiger partial charge in [-0.3, -0.25) is 0 Å². The van der Waals surface area contributed by atoms with E-state index in [1.165, 1.54) is 32.4 Å². The summed E-state index contributed by atoms with van der Waals surface area (Å²) in [6.07, 6.45) is -0.137. The van der Waals surface area contributed by atoms with Crippen LogP contribution in [-0.2, 0) is 15.9 Å². The maximum Gasteiger partial charge on any atom is 0.172 e. The molecule has 0 aliphatic heterocycles. The fraction of sp³-hybridized carbons (Fsp3) is 0.455. The van der Waals surface area contributed by atoms with Crippen LogP contribution in [0.4, 0.5) is 4.39 Å². The Balaban J connectivity index is 2.75. The minimum atomic E-state index is -0.528. The Morgan fingerprint density at radius 2 is 2.00 bits per heavy atom. The summed E-state index contributed by atoms with van der Waals surface area (Å²) in [7, 11) is 3.00. The molecular weight excluding hydrogens is 233 g/mol. The molecule has 0 aliphatic carbocycles. The average molecular weight is 248 g/mol. The van der Waals surface area contributed by atoms with Crippen LogP contribution in [0.2, 0.25) is 5.02 Å². The van der Waals surface area contributed by atoms with Gasteiger partial charge in [-0.1, -0.05) is 11.6 Å². The highest BCUT2D eigenvalue weighted by atomic mass is 35.5. The molecule has 0 saturated carbocycles. The normalized spacial score (nSPS) is 13.1. The van der Waals surface area contributed by atoms with Gasteiger partial charge < -0.3 is 15.2 Å². The lowest BCUT2D eigenvalue weighted by Gasteiger charge is -2.21. The molecule has 0 amide bonds. The summed E-state index contributed by atoms with van der Waals surface area (Å²) in [6, 6.07) is 3.79. The number of nitrogens with two attached hydrogens (primary N) is 1. The number of benzene rings is 1. The van der Waals surface area contributed by atoms with E-state index in [0.29, 0.717) is 17.0 Å². The number of rotatable bonds is 5. The smallest absolute Gasteiger partial charge is 0.172 e. The first-order valence-corrected chi connectivity index (χ1v) is 5.21. The average Bonchev–Trinajstić information content (AvgIpc) is 2.25. The molecule has 0 bridgehead atoms. The lowest BCUT2D eigenvalue weighted by Crippen LogP contribution is -2.39. The SMILES string of the molecule is COC(OC)C(N)Cc1cc(F)ccc1Cl. The van der Waals surface area contributed by atoms with E-state index in [9.17, 15) is 4.39 Å². The van der Waals surface area contributed by atoms with E-state index in [2.05, 4.69) is 0 Å². The fourth-order valence-corrected chi connectivity index (χ4v) is 1.69. The van der Waals surface area contributed by atoms with Gasteiger partial charge >= 0.3 is 0 Å². The number of hydrogen-bond donors (Lipinski definition) is 1. The van der Waals surface area contributed by atoms with Crippen molar-refractivity contribution in [2.24, 2.45) is 5.73 Å². The van der Waals surface area contributed by atoms with Crippen molar-refractivity contribution in [3.05, 3.63) is 34.6 Å². The van der Waals surface area contributed by atoms with Gasteiger partial charge in [0, 0.05) is 19.2 Å². The lowest BCUT2D eigenvalue weighted by atomic mass is 10.1. The maximum atomic E-state index is 13.0. The Labute approximate surface area is 99.3 Å². The molecule has 1 unspecified atom stereocenters. The zero-order valence-electron chi connectivity index (χ0n) is 9.24. The summed E-state index contributed by atoms with van der Waals surface area (Å²) in [5, 5.41) is 0.489. The van der Waals surface area contributed by atoms with Crippen molar-refractivity contribution in [1.29, 1.82) is 0 Å². The molecule has 90 valence electrons. The maximum absolute atomic E-state index is 13.0. The topological polar surface area (TPSA) is 44.5 Å². The molecule has 0 aromatic heterocycles. The van der Waals surface area contributed by atoms with Gasteiger partial charge in [-0.05, 0) is 30.2 Å². The monoisotopic (exact) mass is 247 g/mol. The van der Waals surface area contributed by atoms with Gasteiger partial charge in [-0.15, -0.1) is 0 Å². The molecule has 0 saturated heterocycles. The Bertz CT molecular complexity index is 345. The van der Waals surface area contributed by atoms with E-state index in [-0.39, 0.29) is 5.82 Å². The second kappa shape index (κ2) is 6.15. The van der Waals surface area contributed by atoms with Crippen molar-refractivity contribution < 1.29 is 13.9 Å². The van der Waals surface area contributed by atoms with Crippen molar-refractivity contribution in [2.75, 3.05) is 14.2 Å². The quantitative estimate of drug-likeness (QED) is 0.809. The van der Waals surface area contributed by atoms with Crippen molar-refractivity contribution >= 4 is 11.6 Å². The van der Waals surface area contributed by atoms with E-state index >= 15 is 0 Å². The molecule has 0 radical (unpaired) electrons. The zero-order valence-corrected chi connectivity index (χ0v) is 10.00. The van der Waals surface area contributed by atoms with Crippen LogP contribution in [0.3, 0.4) is 0 Å². The summed E-state index contributed by atoms with van der Waals surface area (Å²) in [4.78, 5) is 0. The summed E-state index contributed by atoms with van der Waals surface area (Å²) in [5.41, 5.74) is 6.51. The Hall–Kier alpha value is -0.680. The molecule has 0 spiro atoms. The van der Waals surface area contributed by atoms with Gasteiger partial charge in [-0.2, -0.15) is 0 Å². The van der Waals surface area contributed by atoms with Crippen LogP contribution < -0.4 is 5.73 Å². The van der Waals surface area contributed by atoms with Crippen molar-refractivity contribution in [1.82, 2.24) is 0 Å². The highest BCUT2D eigenvalue weighted by Crippen LogP contribution is 2.19. The third-order valence-electron chi connectivity index (χ3n) is 2.28. The van der Waals surface area contributed by atoms with Gasteiger partial charge in [0.15, 0.2) is 6.29 Å². The van der Waals surface area contributed by atoms with Gasteiger partial charge in [0.2, 0.25) is 0 Å². The van der Waals surface area contributed by atoms with Crippen LogP contribution in [0.5, 0.6) is 0 Å². The molecule has 5 heteroatoms. The summed E-state index contributed by atoms with van der Waals surface area (Å²) in [5.74, 6) is -0.335. The van der Waals surface area contributed by atoms with Gasteiger partial charge in [0.25, 0.3) is 0 Å². The predicted octanol–water partition coefficient (Wildman–Crippen LogP) is 1.97. The molecule has 3 nitrogen and oxygen atoms in total. The summed E-state index contributed by atoms with van der Waals surface area (Å²) < 4.78 is 23.0. The van der Waals surface area contributed by atoms with Crippen molar-refractivity contribution in [3.8, 4) is 0 Å². The molecule has 2 N–H and O–H groups in total. The molecule has 0 fully saturated rings. The molecule has 0 aliphatic rings. The molecule has 1 aromatic rings. The Kier molecular flexibility index (Phi) is 5.15. The highest BCUT2D eigenvalue weighted by Gasteiger charge is 2.18. The first-order valence-electron chi connectivity index (χ1n) is 4.83. The van der Waals surface area contributed by atoms with Crippen LogP contribution in [0.25, 0.3) is 0 Å². The first-order chi connectivity index (χ1) is 7.58. The van der Waals surface area contributed by atoms with Crippen LogP contribution >= 0.6 is 11.6 Å². The summed E-state index contributed by atoms with van der Waals surface area (Å²) >= 11 is 5.93. The minimum absolute atomic E-state index is 0.335. The zero-order chi connectivity index (χ0) is 12.1. The van der Waals surface area contributed by atoms with Gasteiger partial charge in [0.05, 0.1) is 6.04 Å². The third-order valence-corrected chi connectivity index (χ3v) is 2.65. The van der Waals surface area contributed by atoms with E-state index in [4.69, 9.17) is 26.8 Å². The lowest BCUT2D eigenvalue weighted by molar-refractivity contribution is -0.115. The minimum Gasteiger partial charge on any atom is -0.354 e. The van der Waals surface area contributed by atoms with Crippen molar-refractivity contribution in [3.63, 3.8) is 0 Å². The highest BCUT2D eigenvalue weighted by molar-refractivity contribution is 6.31. The van der Waals surface area contributed by atoms with Crippen LogP contribution in [0.15, 0.2) is 18.2 Å². The van der Waals surface area contributed by atoms with Gasteiger partial charge in [0.1, 0.15) is 5.82 Å². The largest absolute Gasteiger partial charge is 0.354 e. The van der Waals surface area contributed by atoms with Crippen LogP contribution in [-0.4, -0.2) is 26.6 Å². The molecule has 16 heavy (non-hydrogen) atoms. The van der Waals surface area contributed by atoms with Crippen LogP contribution in [0, 0.1) is 5.82 Å². The number of ether oxygens (including phenoxy) is 2. The predicted molar refractivity (Wildman–Crippen MR) is 60.9 cm³/mol. The van der Waals surface area contributed by atoms with E-state index < -0.39 is 12.3 Å². The van der Waals surface area contributed by atoms with E-state index in [0.717, 1.165) is 0 Å². The van der Waals surface area contributed by atoms with E-state index in [1.807, 2.05) is 0 Å². The number of halogens is 2. The first kappa shape index (κ1) is 13.4. The Morgan fingerprint density at radius 1 is 1.38 bits per heavy atom. The molecule has 0 heterocycles. The van der Waals surface area contributed by atoms with Gasteiger partial charge in [-0.25, -0.2) is 4.39 Å². The number of methoxy groups -OCH3 is 2. The van der Waals surface area contributed by atoms with E-state index in [1.54, 1.807) is 0 Å². The third kappa shape index (κ3) is 3.42. The second-order valence-corrected chi connectivity index (χ2v) is 3.85.